The van der Waals surface area contributed by atoms with Crippen LogP contribution >= 0.6 is 23.1 Å². The average molecular weight is 333 g/mol. The number of fused-ring (bicyclic) bond motifs is 4. The highest BCUT2D eigenvalue weighted by atomic mass is 32.2. The summed E-state index contributed by atoms with van der Waals surface area (Å²) in [5, 5.41) is 6.49. The van der Waals surface area contributed by atoms with Gasteiger partial charge in [-0.1, -0.05) is 0 Å². The van der Waals surface area contributed by atoms with Crippen LogP contribution in [0.5, 0.6) is 0 Å². The lowest BCUT2D eigenvalue weighted by molar-refractivity contribution is 0.0618. The van der Waals surface area contributed by atoms with Crippen molar-refractivity contribution in [3.8, 4) is 0 Å². The lowest BCUT2D eigenvalue weighted by Gasteiger charge is -2.44. The number of carbonyl (C=O) groups excluding carboxylic acids is 1. The van der Waals surface area contributed by atoms with Crippen LogP contribution in [0.15, 0.2) is 22.5 Å². The highest BCUT2D eigenvalue weighted by Crippen LogP contribution is 2.32. The van der Waals surface area contributed by atoms with E-state index >= 15 is 0 Å². The number of hydrogen-bond donors (Lipinski definition) is 1. The number of pyridine rings is 1. The molecule has 0 radical (unpaired) electrons. The molecule has 2 bridgehead atoms. The summed E-state index contributed by atoms with van der Waals surface area (Å²) in [6, 6.07) is 2.23. The number of hydrogen-bond acceptors (Lipinski definition) is 5. The molecule has 5 heterocycles. The number of rotatable bonds is 3. The molecule has 2 aromatic heterocycles. The summed E-state index contributed by atoms with van der Waals surface area (Å²) in [4.78, 5) is 20.6. The summed E-state index contributed by atoms with van der Waals surface area (Å²) in [6.45, 7) is 3.37. The number of amides is 1. The quantitative estimate of drug-likeness (QED) is 0.878. The van der Waals surface area contributed by atoms with Crippen LogP contribution in [0.1, 0.15) is 23.3 Å². The Morgan fingerprint density at radius 2 is 2.27 bits per heavy atom. The Hall–Kier alpha value is -1.11. The second-order valence-electron chi connectivity index (χ2n) is 6.09. The smallest absolute Gasteiger partial charge is 0.270 e. The van der Waals surface area contributed by atoms with Gasteiger partial charge in [-0.25, -0.2) is 4.98 Å². The number of thioether (sulfide) groups is 1. The van der Waals surface area contributed by atoms with Crippen LogP contribution in [0.2, 0.25) is 0 Å². The SMILES string of the molecule is CSc1csc2cnc(C(=O)N[C@H]3CN4CCC3CC4)cc12. The van der Waals surface area contributed by atoms with Gasteiger partial charge in [-0.3, -0.25) is 4.79 Å². The highest BCUT2D eigenvalue weighted by molar-refractivity contribution is 7.99. The first-order valence-corrected chi connectivity index (χ1v) is 9.79. The van der Waals surface area contributed by atoms with Gasteiger partial charge in [0.1, 0.15) is 5.69 Å². The standard InChI is InChI=1S/C16H19N3OS2/c1-21-15-9-22-14-7-17-12(6-11(14)15)16(20)18-13-8-19-4-2-10(13)3-5-19/h6-7,9-10,13H,2-5,8H2,1H3,(H,18,20)/t13-/m0/s1. The second-order valence-corrected chi connectivity index (χ2v) is 7.85. The maximum Gasteiger partial charge on any atom is 0.270 e. The third kappa shape index (κ3) is 2.53. The zero-order valence-corrected chi connectivity index (χ0v) is 14.2. The van der Waals surface area contributed by atoms with Gasteiger partial charge in [0.25, 0.3) is 5.91 Å². The highest BCUT2D eigenvalue weighted by Gasteiger charge is 2.35. The van der Waals surface area contributed by atoms with Crippen LogP contribution in [-0.2, 0) is 0 Å². The maximum atomic E-state index is 12.6. The van der Waals surface area contributed by atoms with Crippen molar-refractivity contribution in [1.29, 1.82) is 0 Å². The lowest BCUT2D eigenvalue weighted by atomic mass is 9.84. The van der Waals surface area contributed by atoms with Gasteiger partial charge in [0, 0.05) is 34.4 Å². The fourth-order valence-corrected chi connectivity index (χ4v) is 5.32. The molecule has 6 heteroatoms. The first-order valence-electron chi connectivity index (χ1n) is 7.69. The Labute approximate surface area is 138 Å². The van der Waals surface area contributed by atoms with E-state index in [-0.39, 0.29) is 11.9 Å². The van der Waals surface area contributed by atoms with Crippen molar-refractivity contribution in [1.82, 2.24) is 15.2 Å². The molecule has 3 aliphatic rings. The second kappa shape index (κ2) is 5.83. The van der Waals surface area contributed by atoms with Gasteiger partial charge in [-0.05, 0) is 44.2 Å². The molecule has 116 valence electrons. The molecular formula is C16H19N3OS2. The molecule has 3 aliphatic heterocycles. The number of thiophene rings is 1. The van der Waals surface area contributed by atoms with Gasteiger partial charge in [0.2, 0.25) is 0 Å². The van der Waals surface area contributed by atoms with E-state index in [1.54, 1.807) is 23.1 Å². The van der Waals surface area contributed by atoms with Gasteiger partial charge in [-0.2, -0.15) is 0 Å². The van der Waals surface area contributed by atoms with E-state index in [2.05, 4.69) is 26.8 Å². The van der Waals surface area contributed by atoms with Crippen molar-refractivity contribution in [2.24, 2.45) is 5.92 Å². The number of nitrogens with one attached hydrogen (secondary N) is 1. The van der Waals surface area contributed by atoms with Crippen LogP contribution < -0.4 is 5.32 Å². The molecule has 0 aromatic carbocycles. The Kier molecular flexibility index (Phi) is 3.84. The Balaban J connectivity index is 1.55. The minimum atomic E-state index is -0.0288. The minimum absolute atomic E-state index is 0.0288. The monoisotopic (exact) mass is 333 g/mol. The molecule has 1 N–H and O–H groups in total. The average Bonchev–Trinajstić information content (AvgIpc) is 2.98. The van der Waals surface area contributed by atoms with Crippen LogP contribution in [0.25, 0.3) is 10.1 Å². The molecule has 0 saturated carbocycles. The third-order valence-electron chi connectivity index (χ3n) is 4.85. The fraction of sp³-hybridized carbons (Fsp3) is 0.500. The predicted molar refractivity (Wildman–Crippen MR) is 91.8 cm³/mol. The molecule has 1 amide bonds. The van der Waals surface area contributed by atoms with Crippen molar-refractivity contribution in [2.45, 2.75) is 23.8 Å². The molecule has 1 atom stereocenters. The summed E-state index contributed by atoms with van der Waals surface area (Å²) in [5.41, 5.74) is 0.539. The lowest BCUT2D eigenvalue weighted by Crippen LogP contribution is -2.57. The topological polar surface area (TPSA) is 45.2 Å². The van der Waals surface area contributed by atoms with E-state index in [0.717, 1.165) is 16.6 Å². The number of carbonyl (C=O) groups is 1. The van der Waals surface area contributed by atoms with Crippen LogP contribution in [0, 0.1) is 5.92 Å². The van der Waals surface area contributed by atoms with E-state index in [0.29, 0.717) is 11.6 Å². The molecule has 0 aliphatic carbocycles. The van der Waals surface area contributed by atoms with Gasteiger partial charge >= 0.3 is 0 Å². The molecule has 4 nitrogen and oxygen atoms in total. The molecule has 0 spiro atoms. The Bertz CT molecular complexity index is 706. The van der Waals surface area contributed by atoms with E-state index in [1.807, 2.05) is 12.3 Å². The predicted octanol–water partition coefficient (Wildman–Crippen LogP) is 2.84. The maximum absolute atomic E-state index is 12.6. The van der Waals surface area contributed by atoms with Gasteiger partial charge in [-0.15, -0.1) is 23.1 Å². The van der Waals surface area contributed by atoms with Crippen molar-refractivity contribution in [3.63, 3.8) is 0 Å². The van der Waals surface area contributed by atoms with Crippen molar-refractivity contribution >= 4 is 39.1 Å². The van der Waals surface area contributed by atoms with Crippen molar-refractivity contribution in [2.75, 3.05) is 25.9 Å². The number of piperidine rings is 3. The number of aromatic nitrogens is 1. The summed E-state index contributed by atoms with van der Waals surface area (Å²) in [7, 11) is 0. The summed E-state index contributed by atoms with van der Waals surface area (Å²) in [5.74, 6) is 0.611. The zero-order valence-electron chi connectivity index (χ0n) is 12.5. The first-order chi connectivity index (χ1) is 10.7. The van der Waals surface area contributed by atoms with Crippen LogP contribution in [0.3, 0.4) is 0 Å². The fourth-order valence-electron chi connectivity index (χ4n) is 3.56. The minimum Gasteiger partial charge on any atom is -0.346 e. The first kappa shape index (κ1) is 14.5. The normalized spacial score (nSPS) is 27.2. The van der Waals surface area contributed by atoms with E-state index in [4.69, 9.17) is 0 Å². The summed E-state index contributed by atoms with van der Waals surface area (Å²) < 4.78 is 1.14. The number of nitrogens with zero attached hydrogens (tertiary/aromatic N) is 2. The van der Waals surface area contributed by atoms with Gasteiger partial charge in [0.15, 0.2) is 0 Å². The Morgan fingerprint density at radius 1 is 1.45 bits per heavy atom. The van der Waals surface area contributed by atoms with Gasteiger partial charge in [0.05, 0.1) is 4.70 Å². The molecular weight excluding hydrogens is 314 g/mol. The third-order valence-corrected chi connectivity index (χ3v) is 6.71. The molecule has 22 heavy (non-hydrogen) atoms. The van der Waals surface area contributed by atoms with Crippen LogP contribution in [-0.4, -0.2) is 47.7 Å². The zero-order chi connectivity index (χ0) is 15.1. The van der Waals surface area contributed by atoms with E-state index in [9.17, 15) is 4.79 Å². The van der Waals surface area contributed by atoms with Crippen molar-refractivity contribution < 1.29 is 4.79 Å². The van der Waals surface area contributed by atoms with Gasteiger partial charge < -0.3 is 10.2 Å². The van der Waals surface area contributed by atoms with E-state index < -0.39 is 0 Å². The molecule has 5 rings (SSSR count). The molecule has 0 unspecified atom stereocenters. The van der Waals surface area contributed by atoms with E-state index in [1.165, 1.54) is 30.8 Å². The summed E-state index contributed by atoms with van der Waals surface area (Å²) in [6.07, 6.45) is 6.30. The van der Waals surface area contributed by atoms with Crippen LogP contribution in [0.4, 0.5) is 0 Å². The molecule has 3 saturated heterocycles. The Morgan fingerprint density at radius 3 is 2.95 bits per heavy atom. The molecule has 3 fully saturated rings. The largest absolute Gasteiger partial charge is 0.346 e. The molecule has 2 aromatic rings. The summed E-state index contributed by atoms with van der Waals surface area (Å²) >= 11 is 3.40. The van der Waals surface area contributed by atoms with Crippen molar-refractivity contribution in [3.05, 3.63) is 23.3 Å².